The van der Waals surface area contributed by atoms with Gasteiger partial charge in [0.15, 0.2) is 5.82 Å². The number of nitrogens with zero attached hydrogens (tertiary/aromatic N) is 3. The summed E-state index contributed by atoms with van der Waals surface area (Å²) in [5.74, 6) is 0.826. The second-order valence-corrected chi connectivity index (χ2v) is 2.03. The maximum absolute atomic E-state index is 3.99. The highest BCUT2D eigenvalue weighted by Gasteiger charge is 1.91. The summed E-state index contributed by atoms with van der Waals surface area (Å²) >= 11 is 3.23. The first-order valence-electron chi connectivity index (χ1n) is 2.23. The van der Waals surface area contributed by atoms with Gasteiger partial charge in [0, 0.05) is 7.05 Å². The van der Waals surface area contributed by atoms with E-state index in [4.69, 9.17) is 0 Å². The van der Waals surface area contributed by atoms with Gasteiger partial charge < -0.3 is 0 Å². The average Bonchev–Trinajstić information content (AvgIpc) is 2.14. The Labute approximate surface area is 55.9 Å². The lowest BCUT2D eigenvalue weighted by Crippen LogP contribution is -1.87. The van der Waals surface area contributed by atoms with Crippen molar-refractivity contribution in [2.75, 3.05) is 0 Å². The van der Waals surface area contributed by atoms with Gasteiger partial charge in [-0.1, -0.05) is 15.9 Å². The Morgan fingerprint density at radius 1 is 1.88 bits per heavy atom. The van der Waals surface area contributed by atoms with Crippen molar-refractivity contribution in [2.24, 2.45) is 7.05 Å². The van der Waals surface area contributed by atoms with Gasteiger partial charge in [-0.05, 0) is 0 Å². The van der Waals surface area contributed by atoms with E-state index in [1.807, 2.05) is 7.05 Å². The fourth-order valence-corrected chi connectivity index (χ4v) is 0.702. The highest BCUT2D eigenvalue weighted by atomic mass is 79.9. The predicted molar refractivity (Wildman–Crippen MR) is 33.6 cm³/mol. The van der Waals surface area contributed by atoms with Crippen LogP contribution in [0.3, 0.4) is 0 Å². The molecule has 0 aliphatic heterocycles. The number of alkyl halides is 1. The van der Waals surface area contributed by atoms with E-state index in [-0.39, 0.29) is 0 Å². The molecule has 0 saturated heterocycles. The first kappa shape index (κ1) is 5.75. The topological polar surface area (TPSA) is 30.7 Å². The quantitative estimate of drug-likeness (QED) is 0.590. The van der Waals surface area contributed by atoms with Crippen molar-refractivity contribution in [1.29, 1.82) is 0 Å². The number of rotatable bonds is 1. The zero-order valence-electron chi connectivity index (χ0n) is 4.50. The molecule has 0 bridgehead atoms. The van der Waals surface area contributed by atoms with Crippen LogP contribution in [0, 0.1) is 0 Å². The minimum Gasteiger partial charge on any atom is -0.256 e. The molecule has 0 N–H and O–H groups in total. The van der Waals surface area contributed by atoms with E-state index in [2.05, 4.69) is 26.0 Å². The smallest absolute Gasteiger partial charge is 0.161 e. The molecule has 0 aliphatic rings. The summed E-state index contributed by atoms with van der Waals surface area (Å²) in [6.07, 6.45) is 1.68. The van der Waals surface area contributed by atoms with E-state index < -0.39 is 0 Å². The van der Waals surface area contributed by atoms with Crippen LogP contribution in [0.1, 0.15) is 5.82 Å². The van der Waals surface area contributed by atoms with Gasteiger partial charge in [-0.15, -0.1) is 0 Å². The van der Waals surface area contributed by atoms with Crippen molar-refractivity contribution < 1.29 is 0 Å². The van der Waals surface area contributed by atoms with Crippen molar-refractivity contribution in [1.82, 2.24) is 14.8 Å². The summed E-state index contributed by atoms with van der Waals surface area (Å²) in [6, 6.07) is 0. The SMILES string of the molecule is Cn1cnc(CBr)n1. The Bertz CT molecular complexity index is 172. The maximum Gasteiger partial charge on any atom is 0.161 e. The Hall–Kier alpha value is -0.380. The van der Waals surface area contributed by atoms with Crippen LogP contribution in [0.2, 0.25) is 0 Å². The normalized spacial score (nSPS) is 9.75. The van der Waals surface area contributed by atoms with Gasteiger partial charge in [0.05, 0.1) is 5.33 Å². The lowest BCUT2D eigenvalue weighted by atomic mass is 10.8. The van der Waals surface area contributed by atoms with E-state index in [1.54, 1.807) is 11.0 Å². The van der Waals surface area contributed by atoms with Gasteiger partial charge in [-0.3, -0.25) is 4.68 Å². The minimum atomic E-state index is 0.730. The molecule has 1 aromatic heterocycles. The van der Waals surface area contributed by atoms with Gasteiger partial charge in [0.25, 0.3) is 0 Å². The van der Waals surface area contributed by atoms with E-state index in [0.29, 0.717) is 0 Å². The van der Waals surface area contributed by atoms with Gasteiger partial charge in [-0.2, -0.15) is 5.10 Å². The first-order valence-corrected chi connectivity index (χ1v) is 3.35. The van der Waals surface area contributed by atoms with Crippen LogP contribution in [0.25, 0.3) is 0 Å². The monoisotopic (exact) mass is 175 g/mol. The molecule has 4 heteroatoms. The average molecular weight is 176 g/mol. The largest absolute Gasteiger partial charge is 0.256 e. The number of hydrogen-bond donors (Lipinski definition) is 0. The molecule has 0 aromatic carbocycles. The van der Waals surface area contributed by atoms with E-state index in [0.717, 1.165) is 11.2 Å². The molecule has 1 aromatic rings. The van der Waals surface area contributed by atoms with Crippen LogP contribution in [0.4, 0.5) is 0 Å². The third-order valence-corrected chi connectivity index (χ3v) is 1.27. The van der Waals surface area contributed by atoms with Crippen LogP contribution >= 0.6 is 15.9 Å². The predicted octanol–water partition coefficient (Wildman–Crippen LogP) is 0.710. The number of halogens is 1. The fraction of sp³-hybridized carbons (Fsp3) is 0.500. The lowest BCUT2D eigenvalue weighted by Gasteiger charge is -1.79. The van der Waals surface area contributed by atoms with Crippen molar-refractivity contribution in [3.63, 3.8) is 0 Å². The van der Waals surface area contributed by atoms with Gasteiger partial charge in [0.2, 0.25) is 0 Å². The van der Waals surface area contributed by atoms with Crippen LogP contribution in [-0.4, -0.2) is 14.8 Å². The number of aromatic nitrogens is 3. The molecule has 0 radical (unpaired) electrons. The minimum absolute atomic E-state index is 0.730. The van der Waals surface area contributed by atoms with Gasteiger partial charge in [0.1, 0.15) is 6.33 Å². The molecule has 1 rings (SSSR count). The molecule has 0 fully saturated rings. The zero-order valence-corrected chi connectivity index (χ0v) is 6.09. The van der Waals surface area contributed by atoms with Crippen LogP contribution in [0.15, 0.2) is 6.33 Å². The van der Waals surface area contributed by atoms with Crippen molar-refractivity contribution in [2.45, 2.75) is 5.33 Å². The van der Waals surface area contributed by atoms with Crippen LogP contribution < -0.4 is 0 Å². The second kappa shape index (κ2) is 2.26. The maximum atomic E-state index is 3.99. The standard InChI is InChI=1S/C4H6BrN3/c1-8-3-6-4(2-5)7-8/h3H,2H2,1H3. The van der Waals surface area contributed by atoms with E-state index in [9.17, 15) is 0 Å². The Morgan fingerprint density at radius 3 is 2.88 bits per heavy atom. The summed E-state index contributed by atoms with van der Waals surface area (Å²) in [6.45, 7) is 0. The van der Waals surface area contributed by atoms with Crippen molar-refractivity contribution >= 4 is 15.9 Å². The van der Waals surface area contributed by atoms with Crippen LogP contribution in [0.5, 0.6) is 0 Å². The second-order valence-electron chi connectivity index (χ2n) is 1.47. The molecule has 0 spiro atoms. The summed E-state index contributed by atoms with van der Waals surface area (Å²) in [5, 5.41) is 4.72. The summed E-state index contributed by atoms with van der Waals surface area (Å²) in [7, 11) is 1.85. The number of aryl methyl sites for hydroxylation is 1. The summed E-state index contributed by atoms with van der Waals surface area (Å²) in [5.41, 5.74) is 0. The summed E-state index contributed by atoms with van der Waals surface area (Å²) in [4.78, 5) is 3.94. The third-order valence-electron chi connectivity index (χ3n) is 0.767. The molecule has 0 aliphatic carbocycles. The molecule has 3 nitrogen and oxygen atoms in total. The molecule has 0 amide bonds. The molecule has 0 saturated carbocycles. The van der Waals surface area contributed by atoms with E-state index in [1.165, 1.54) is 0 Å². The van der Waals surface area contributed by atoms with Crippen molar-refractivity contribution in [3.8, 4) is 0 Å². The lowest BCUT2D eigenvalue weighted by molar-refractivity contribution is 0.755. The van der Waals surface area contributed by atoms with E-state index >= 15 is 0 Å². The van der Waals surface area contributed by atoms with Gasteiger partial charge >= 0.3 is 0 Å². The molecule has 0 atom stereocenters. The molecule has 0 unspecified atom stereocenters. The third kappa shape index (κ3) is 1.06. The molecular formula is C4H6BrN3. The van der Waals surface area contributed by atoms with Gasteiger partial charge in [-0.25, -0.2) is 4.98 Å². The highest BCUT2D eigenvalue weighted by molar-refractivity contribution is 9.08. The van der Waals surface area contributed by atoms with Crippen molar-refractivity contribution in [3.05, 3.63) is 12.2 Å². The molecular weight excluding hydrogens is 170 g/mol. The Balaban J connectivity index is 2.84. The highest BCUT2D eigenvalue weighted by Crippen LogP contribution is 1.94. The first-order chi connectivity index (χ1) is 3.83. The molecule has 1 heterocycles. The fourth-order valence-electron chi connectivity index (χ4n) is 0.445. The zero-order chi connectivity index (χ0) is 5.98. The Kier molecular flexibility index (Phi) is 1.62. The molecule has 8 heavy (non-hydrogen) atoms. The Morgan fingerprint density at radius 2 is 2.62 bits per heavy atom. The summed E-state index contributed by atoms with van der Waals surface area (Å²) < 4.78 is 1.68. The van der Waals surface area contributed by atoms with Crippen LogP contribution in [-0.2, 0) is 12.4 Å². The molecule has 44 valence electrons. The number of hydrogen-bond acceptors (Lipinski definition) is 2.